The van der Waals surface area contributed by atoms with Gasteiger partial charge >= 0.3 is 5.97 Å². The van der Waals surface area contributed by atoms with Crippen LogP contribution in [-0.4, -0.2) is 23.2 Å². The van der Waals surface area contributed by atoms with Crippen molar-refractivity contribution < 1.29 is 9.90 Å². The molecule has 2 saturated carbocycles. The summed E-state index contributed by atoms with van der Waals surface area (Å²) in [4.78, 5) is 11.1. The van der Waals surface area contributed by atoms with Crippen LogP contribution in [0.15, 0.2) is 0 Å². The zero-order chi connectivity index (χ0) is 11.4. The molecule has 0 amide bonds. The number of aliphatic carboxylic acids is 1. The van der Waals surface area contributed by atoms with Gasteiger partial charge in [0.05, 0.1) is 0 Å². The third-order valence-electron chi connectivity index (χ3n) is 4.73. The molecule has 3 nitrogen and oxygen atoms in total. The van der Waals surface area contributed by atoms with Crippen LogP contribution in [0.25, 0.3) is 0 Å². The highest BCUT2D eigenvalue weighted by atomic mass is 16.4. The van der Waals surface area contributed by atoms with Crippen LogP contribution < -0.4 is 5.32 Å². The number of rotatable bonds is 4. The van der Waals surface area contributed by atoms with Crippen LogP contribution in [-0.2, 0) is 4.79 Å². The smallest absolute Gasteiger partial charge is 0.320 e. The van der Waals surface area contributed by atoms with E-state index in [1.54, 1.807) is 0 Å². The topological polar surface area (TPSA) is 49.3 Å². The predicted octanol–water partition coefficient (Wildman–Crippen LogP) is 1.87. The summed E-state index contributed by atoms with van der Waals surface area (Å²) in [5.74, 6) is -0.314. The fourth-order valence-electron chi connectivity index (χ4n) is 2.63. The Bertz CT molecular complexity index is 278. The van der Waals surface area contributed by atoms with E-state index in [2.05, 4.69) is 33.0 Å². The Morgan fingerprint density at radius 3 is 2.00 bits per heavy atom. The van der Waals surface area contributed by atoms with Crippen LogP contribution >= 0.6 is 0 Å². The number of nitrogens with one attached hydrogen (secondary N) is 1. The van der Waals surface area contributed by atoms with Gasteiger partial charge in [0.2, 0.25) is 0 Å². The van der Waals surface area contributed by atoms with Crippen molar-refractivity contribution in [3.63, 3.8) is 0 Å². The summed E-state index contributed by atoms with van der Waals surface area (Å²) in [6.45, 7) is 8.82. The van der Waals surface area contributed by atoms with Crippen LogP contribution in [0.2, 0.25) is 0 Å². The second-order valence-electron chi connectivity index (χ2n) is 6.20. The Kier molecular flexibility index (Phi) is 2.16. The molecule has 15 heavy (non-hydrogen) atoms. The molecule has 0 aromatic carbocycles. The maximum absolute atomic E-state index is 11.1. The van der Waals surface area contributed by atoms with Crippen molar-refractivity contribution in [2.75, 3.05) is 0 Å². The van der Waals surface area contributed by atoms with E-state index in [0.717, 1.165) is 12.8 Å². The molecule has 2 aliphatic rings. The fraction of sp³-hybridized carbons (Fsp3) is 0.917. The molecule has 2 fully saturated rings. The van der Waals surface area contributed by atoms with Crippen LogP contribution in [0, 0.1) is 16.7 Å². The van der Waals surface area contributed by atoms with Crippen molar-refractivity contribution in [1.29, 1.82) is 0 Å². The Hall–Kier alpha value is -0.570. The summed E-state index contributed by atoms with van der Waals surface area (Å²) in [6.07, 6.45) is 2.13. The van der Waals surface area contributed by atoms with E-state index in [0.29, 0.717) is 12.0 Å². The largest absolute Gasteiger partial charge is 0.480 e. The molecule has 1 atom stereocenters. The van der Waals surface area contributed by atoms with E-state index in [1.165, 1.54) is 0 Å². The van der Waals surface area contributed by atoms with Crippen LogP contribution in [0.1, 0.15) is 40.5 Å². The number of carboxylic acid groups (broad SMARTS) is 1. The first-order valence-electron chi connectivity index (χ1n) is 5.77. The maximum Gasteiger partial charge on any atom is 0.320 e. The van der Waals surface area contributed by atoms with Crippen molar-refractivity contribution in [2.45, 2.75) is 52.6 Å². The molecule has 1 unspecified atom stereocenters. The summed E-state index contributed by atoms with van der Waals surface area (Å²) >= 11 is 0. The minimum Gasteiger partial charge on any atom is -0.480 e. The lowest BCUT2D eigenvalue weighted by Crippen LogP contribution is -2.42. The molecule has 0 bridgehead atoms. The minimum absolute atomic E-state index is 0.218. The molecule has 0 heterocycles. The number of carbonyl (C=O) groups is 1. The Labute approximate surface area is 91.2 Å². The monoisotopic (exact) mass is 211 g/mol. The van der Waals surface area contributed by atoms with E-state index in [1.807, 2.05) is 0 Å². The second-order valence-corrected chi connectivity index (χ2v) is 6.20. The van der Waals surface area contributed by atoms with Gasteiger partial charge in [-0.05, 0) is 29.6 Å². The molecular formula is C12H21NO2. The zero-order valence-electron chi connectivity index (χ0n) is 10.0. The van der Waals surface area contributed by atoms with Crippen molar-refractivity contribution >= 4 is 5.97 Å². The van der Waals surface area contributed by atoms with Gasteiger partial charge in [-0.3, -0.25) is 4.79 Å². The van der Waals surface area contributed by atoms with Crippen LogP contribution in [0.5, 0.6) is 0 Å². The average molecular weight is 211 g/mol. The molecule has 0 spiro atoms. The van der Waals surface area contributed by atoms with Crippen molar-refractivity contribution in [2.24, 2.45) is 16.7 Å². The molecule has 0 aromatic rings. The van der Waals surface area contributed by atoms with Gasteiger partial charge in [0, 0.05) is 6.04 Å². The number of hydrogen-bond donors (Lipinski definition) is 2. The number of hydrogen-bond acceptors (Lipinski definition) is 2. The number of carboxylic acids is 1. The standard InChI is InChI=1S/C12H21NO2/c1-11(2)10(12(11,3)4)13-8(9(14)15)7-5-6-7/h7-8,10,13H,5-6H2,1-4H3,(H,14,15). The van der Waals surface area contributed by atoms with Gasteiger partial charge in [-0.25, -0.2) is 0 Å². The van der Waals surface area contributed by atoms with Gasteiger partial charge in [0.25, 0.3) is 0 Å². The maximum atomic E-state index is 11.1. The highest BCUT2D eigenvalue weighted by Gasteiger charge is 2.65. The van der Waals surface area contributed by atoms with Crippen molar-refractivity contribution in [3.05, 3.63) is 0 Å². The lowest BCUT2D eigenvalue weighted by atomic mass is 10.0. The average Bonchev–Trinajstić information content (AvgIpc) is 2.92. The molecule has 0 radical (unpaired) electrons. The van der Waals surface area contributed by atoms with Crippen molar-refractivity contribution in [1.82, 2.24) is 5.32 Å². The summed E-state index contributed by atoms with van der Waals surface area (Å²) in [6, 6.07) is 0.0164. The molecule has 2 aliphatic carbocycles. The molecule has 3 heteroatoms. The third-order valence-corrected chi connectivity index (χ3v) is 4.73. The lowest BCUT2D eigenvalue weighted by molar-refractivity contribution is -0.140. The molecular weight excluding hydrogens is 190 g/mol. The van der Waals surface area contributed by atoms with Crippen molar-refractivity contribution in [3.8, 4) is 0 Å². The third kappa shape index (κ3) is 1.57. The first kappa shape index (κ1) is 10.9. The molecule has 0 aliphatic heterocycles. The van der Waals surface area contributed by atoms with E-state index < -0.39 is 5.97 Å². The SMILES string of the molecule is CC1(C)C(NC(C(=O)O)C2CC2)C1(C)C. The van der Waals surface area contributed by atoms with Gasteiger partial charge in [-0.1, -0.05) is 27.7 Å². The van der Waals surface area contributed by atoms with Crippen LogP contribution in [0.3, 0.4) is 0 Å². The summed E-state index contributed by atoms with van der Waals surface area (Å²) in [5.41, 5.74) is 0.436. The van der Waals surface area contributed by atoms with Gasteiger partial charge in [-0.15, -0.1) is 0 Å². The second kappa shape index (κ2) is 2.97. The van der Waals surface area contributed by atoms with E-state index in [-0.39, 0.29) is 16.9 Å². The molecule has 86 valence electrons. The quantitative estimate of drug-likeness (QED) is 0.746. The van der Waals surface area contributed by atoms with Gasteiger partial charge < -0.3 is 10.4 Å². The Balaban J connectivity index is 2.00. The van der Waals surface area contributed by atoms with Gasteiger partial charge in [-0.2, -0.15) is 0 Å². The lowest BCUT2D eigenvalue weighted by Gasteiger charge is -2.15. The summed E-state index contributed by atoms with van der Waals surface area (Å²) in [7, 11) is 0. The van der Waals surface area contributed by atoms with E-state index in [9.17, 15) is 4.79 Å². The predicted molar refractivity (Wildman–Crippen MR) is 58.6 cm³/mol. The summed E-state index contributed by atoms with van der Waals surface area (Å²) in [5, 5.41) is 12.5. The first-order valence-corrected chi connectivity index (χ1v) is 5.77. The molecule has 0 aromatic heterocycles. The Morgan fingerprint density at radius 1 is 1.27 bits per heavy atom. The van der Waals surface area contributed by atoms with Crippen LogP contribution in [0.4, 0.5) is 0 Å². The minimum atomic E-state index is -0.684. The van der Waals surface area contributed by atoms with Gasteiger partial charge in [0.1, 0.15) is 6.04 Å². The fourth-order valence-corrected chi connectivity index (χ4v) is 2.63. The molecule has 2 N–H and O–H groups in total. The molecule has 2 rings (SSSR count). The van der Waals surface area contributed by atoms with E-state index >= 15 is 0 Å². The highest BCUT2D eigenvalue weighted by molar-refractivity contribution is 5.74. The molecule has 0 saturated heterocycles. The normalized spacial score (nSPS) is 29.9. The van der Waals surface area contributed by atoms with Gasteiger partial charge in [0.15, 0.2) is 0 Å². The first-order chi connectivity index (χ1) is 6.78. The van der Waals surface area contributed by atoms with E-state index in [4.69, 9.17) is 5.11 Å². The zero-order valence-corrected chi connectivity index (χ0v) is 10.0. The summed E-state index contributed by atoms with van der Waals surface area (Å²) < 4.78 is 0. The Morgan fingerprint density at radius 2 is 1.73 bits per heavy atom. The highest BCUT2D eigenvalue weighted by Crippen LogP contribution is 2.63.